The van der Waals surface area contributed by atoms with Crippen LogP contribution in [0.2, 0.25) is 0 Å². The van der Waals surface area contributed by atoms with Crippen LogP contribution in [0.15, 0.2) is 59.0 Å². The number of ether oxygens (including phenoxy) is 1. The molecule has 2 aromatic carbocycles. The number of hydrogen-bond donors (Lipinski definition) is 5. The smallest absolute Gasteiger partial charge is 0.416 e. The van der Waals surface area contributed by atoms with Crippen LogP contribution in [0.1, 0.15) is 96.1 Å². The van der Waals surface area contributed by atoms with E-state index in [2.05, 4.69) is 16.0 Å². The number of amides is 3. The lowest BCUT2D eigenvalue weighted by Crippen LogP contribution is -2.49. The number of carbonyl (C=O) groups excluding carboxylic acids is 6. The first-order valence-corrected chi connectivity index (χ1v) is 18.5. The van der Waals surface area contributed by atoms with Crippen molar-refractivity contribution >= 4 is 42.7 Å². The largest absolute Gasteiger partial charge is 0.493 e. The Labute approximate surface area is 339 Å². The standard InChI is InChI=1S/C34H38F3N3O8.C5H9NO3.CH4O/c1-4-7-8-9-26(27(5-2)40(21-42)48-33(45)22-12-14-25(15-13-22)34(35,36)37)31(43)38-20-39-32(44)29-17-16-28(47-29)23-10-11-24(19-41)30(18-23)46-6-3;1-6-4(2-3-7)5(8)9;1-2/h10-19,21,26-27H,4-9,20H2,1-3H3,(H,38,43)(H,39,44);3-4,6H,2H2,1H3,(H,8,9);2H,1H3. The first-order valence-electron chi connectivity index (χ1n) is 18.5. The van der Waals surface area contributed by atoms with E-state index >= 15 is 0 Å². The van der Waals surface area contributed by atoms with Crippen molar-refractivity contribution in [3.05, 3.63) is 77.0 Å². The molecule has 0 saturated heterocycles. The predicted molar refractivity (Wildman–Crippen MR) is 207 cm³/mol. The molecule has 3 aromatic rings. The zero-order valence-electron chi connectivity index (χ0n) is 33.4. The van der Waals surface area contributed by atoms with Crippen molar-refractivity contribution in [2.75, 3.05) is 27.4 Å². The number of hydroxylamine groups is 2. The highest BCUT2D eigenvalue weighted by molar-refractivity contribution is 5.92. The summed E-state index contributed by atoms with van der Waals surface area (Å²) in [5.74, 6) is -3.37. The van der Waals surface area contributed by atoms with Gasteiger partial charge in [-0.05, 0) is 75.3 Å². The summed E-state index contributed by atoms with van der Waals surface area (Å²) in [6, 6.07) is 9.56. The number of aliphatic hydroxyl groups excluding tert-OH is 1. The molecule has 0 saturated carbocycles. The summed E-state index contributed by atoms with van der Waals surface area (Å²) in [6.45, 7) is 5.51. The average molecular weight is 837 g/mol. The summed E-state index contributed by atoms with van der Waals surface area (Å²) in [6.07, 6.45) is -0.305. The minimum atomic E-state index is -4.59. The summed E-state index contributed by atoms with van der Waals surface area (Å²) in [4.78, 5) is 87.3. The molecule has 5 N–H and O–H groups in total. The Morgan fingerprint density at radius 1 is 0.932 bits per heavy atom. The Morgan fingerprint density at radius 3 is 2.12 bits per heavy atom. The number of benzene rings is 2. The number of aliphatic carboxylic acids is 1. The molecule has 0 aliphatic heterocycles. The van der Waals surface area contributed by atoms with Crippen LogP contribution in [-0.2, 0) is 30.2 Å². The Kier molecular flexibility index (Phi) is 23.1. The number of carbonyl (C=O) groups is 7. The van der Waals surface area contributed by atoms with Gasteiger partial charge in [0.25, 0.3) is 5.91 Å². The van der Waals surface area contributed by atoms with E-state index in [1.807, 2.05) is 6.92 Å². The van der Waals surface area contributed by atoms with Gasteiger partial charge in [0.15, 0.2) is 12.0 Å². The van der Waals surface area contributed by atoms with Crippen LogP contribution in [0.4, 0.5) is 13.2 Å². The van der Waals surface area contributed by atoms with Crippen molar-refractivity contribution in [2.24, 2.45) is 5.92 Å². The second kappa shape index (κ2) is 26.8. The van der Waals surface area contributed by atoms with Gasteiger partial charge in [-0.25, -0.2) is 4.79 Å². The zero-order chi connectivity index (χ0) is 44.5. The van der Waals surface area contributed by atoms with Gasteiger partial charge in [0.2, 0.25) is 12.3 Å². The number of halogens is 3. The van der Waals surface area contributed by atoms with Crippen LogP contribution in [0.25, 0.3) is 11.3 Å². The van der Waals surface area contributed by atoms with E-state index < -0.39 is 53.5 Å². The topological polar surface area (TPSA) is 231 Å². The summed E-state index contributed by atoms with van der Waals surface area (Å²) in [5.41, 5.74) is -0.219. The number of carboxylic acids is 1. The van der Waals surface area contributed by atoms with Crippen molar-refractivity contribution < 1.29 is 70.9 Å². The van der Waals surface area contributed by atoms with Gasteiger partial charge in [0.05, 0.1) is 41.9 Å². The molecular formula is C40H51F3N4O12. The summed E-state index contributed by atoms with van der Waals surface area (Å²) in [5, 5.41) is 23.6. The molecule has 3 rings (SSSR count). The summed E-state index contributed by atoms with van der Waals surface area (Å²) >= 11 is 0. The van der Waals surface area contributed by atoms with Gasteiger partial charge in [0.1, 0.15) is 23.8 Å². The molecule has 0 radical (unpaired) electrons. The zero-order valence-corrected chi connectivity index (χ0v) is 33.4. The number of nitrogens with zero attached hydrogens (tertiary/aromatic N) is 1. The lowest BCUT2D eigenvalue weighted by atomic mass is 9.90. The lowest BCUT2D eigenvalue weighted by Gasteiger charge is -2.31. The number of aliphatic hydroxyl groups is 1. The second-order valence-corrected chi connectivity index (χ2v) is 12.3. The van der Waals surface area contributed by atoms with Crippen molar-refractivity contribution in [1.29, 1.82) is 0 Å². The van der Waals surface area contributed by atoms with E-state index in [4.69, 9.17) is 24.2 Å². The Morgan fingerprint density at radius 2 is 1.61 bits per heavy atom. The van der Waals surface area contributed by atoms with Gasteiger partial charge < -0.3 is 44.9 Å². The number of rotatable bonds is 22. The third kappa shape index (κ3) is 16.4. The Bertz CT molecular complexity index is 1800. The maximum atomic E-state index is 13.4. The van der Waals surface area contributed by atoms with Gasteiger partial charge in [0, 0.05) is 19.1 Å². The van der Waals surface area contributed by atoms with Crippen molar-refractivity contribution in [3.8, 4) is 17.1 Å². The molecule has 3 unspecified atom stereocenters. The number of carboxylic acid groups (broad SMARTS) is 1. The van der Waals surface area contributed by atoms with Gasteiger partial charge in [-0.2, -0.15) is 18.2 Å². The first-order chi connectivity index (χ1) is 28.2. The fourth-order valence-corrected chi connectivity index (χ4v) is 5.41. The second-order valence-electron chi connectivity index (χ2n) is 12.3. The van der Waals surface area contributed by atoms with E-state index in [-0.39, 0.29) is 37.2 Å². The monoisotopic (exact) mass is 836 g/mol. The average Bonchev–Trinajstić information content (AvgIpc) is 3.73. The van der Waals surface area contributed by atoms with Crippen LogP contribution >= 0.6 is 0 Å². The molecule has 0 bridgehead atoms. The minimum absolute atomic E-state index is 0.0197. The molecule has 19 heteroatoms. The lowest BCUT2D eigenvalue weighted by molar-refractivity contribution is -0.171. The van der Waals surface area contributed by atoms with Gasteiger partial charge in [-0.15, -0.1) is 0 Å². The predicted octanol–water partition coefficient (Wildman–Crippen LogP) is 5.04. The molecule has 3 atom stereocenters. The number of unbranched alkanes of at least 4 members (excludes halogenated alkanes) is 2. The normalized spacial score (nSPS) is 12.1. The molecule has 1 heterocycles. The summed E-state index contributed by atoms with van der Waals surface area (Å²) < 4.78 is 49.9. The molecule has 3 amide bonds. The Hall–Kier alpha value is -6.08. The molecular weight excluding hydrogens is 785 g/mol. The first kappa shape index (κ1) is 50.9. The molecule has 0 aliphatic carbocycles. The van der Waals surface area contributed by atoms with E-state index in [9.17, 15) is 46.7 Å². The van der Waals surface area contributed by atoms with Gasteiger partial charge >= 0.3 is 18.1 Å². The summed E-state index contributed by atoms with van der Waals surface area (Å²) in [7, 11) is 2.50. The molecule has 16 nitrogen and oxygen atoms in total. The van der Waals surface area contributed by atoms with Gasteiger partial charge in [-0.3, -0.25) is 24.0 Å². The van der Waals surface area contributed by atoms with Crippen LogP contribution in [0, 0.1) is 5.92 Å². The highest BCUT2D eigenvalue weighted by atomic mass is 19.4. The fourth-order valence-electron chi connectivity index (χ4n) is 5.41. The SMILES string of the molecule is CCCCCC(C(=O)NCNC(=O)c1ccc(-c2ccc(C=O)c(OCC)c2)o1)C(CC)N(C=O)OC(=O)c1ccc(C(F)(F)F)cc1.CNC(CC=O)C(=O)O.CO. The number of furan rings is 1. The van der Waals surface area contributed by atoms with Crippen molar-refractivity contribution in [3.63, 3.8) is 0 Å². The van der Waals surface area contributed by atoms with Crippen LogP contribution in [0.3, 0.4) is 0 Å². The van der Waals surface area contributed by atoms with Crippen LogP contribution in [-0.4, -0.2) is 97.5 Å². The van der Waals surface area contributed by atoms with E-state index in [0.717, 1.165) is 44.2 Å². The van der Waals surface area contributed by atoms with Crippen molar-refractivity contribution in [1.82, 2.24) is 21.0 Å². The number of alkyl halides is 3. The minimum Gasteiger partial charge on any atom is -0.493 e. The molecule has 0 spiro atoms. The van der Waals surface area contributed by atoms with Crippen LogP contribution in [0.5, 0.6) is 5.75 Å². The molecule has 59 heavy (non-hydrogen) atoms. The number of aldehydes is 2. The van der Waals surface area contributed by atoms with E-state index in [0.29, 0.717) is 59.7 Å². The maximum absolute atomic E-state index is 13.4. The Balaban J connectivity index is 0.00000139. The van der Waals surface area contributed by atoms with E-state index in [1.165, 1.54) is 13.1 Å². The maximum Gasteiger partial charge on any atom is 0.416 e. The number of likely N-dealkylation sites (N-methyl/N-ethyl adjacent to an activating group) is 1. The molecule has 1 aromatic heterocycles. The quantitative estimate of drug-likeness (QED) is 0.0387. The van der Waals surface area contributed by atoms with E-state index in [1.54, 1.807) is 38.1 Å². The third-order valence-electron chi connectivity index (χ3n) is 8.45. The molecule has 0 aliphatic rings. The molecule has 0 fully saturated rings. The van der Waals surface area contributed by atoms with Crippen LogP contribution < -0.4 is 20.7 Å². The highest BCUT2D eigenvalue weighted by Gasteiger charge is 2.34. The number of hydrogen-bond acceptors (Lipinski definition) is 12. The highest BCUT2D eigenvalue weighted by Crippen LogP contribution is 2.30. The molecule has 324 valence electrons. The van der Waals surface area contributed by atoms with Crippen molar-refractivity contribution in [2.45, 2.75) is 77.6 Å². The van der Waals surface area contributed by atoms with Gasteiger partial charge in [-0.1, -0.05) is 39.2 Å². The third-order valence-corrected chi connectivity index (χ3v) is 8.45. The number of nitrogens with one attached hydrogen (secondary N) is 3. The fraction of sp³-hybridized carbons (Fsp3) is 0.425.